The third-order valence-corrected chi connectivity index (χ3v) is 8.32. The summed E-state index contributed by atoms with van der Waals surface area (Å²) in [6.07, 6.45) is 3.10. The molecule has 0 unspecified atom stereocenters. The van der Waals surface area contributed by atoms with E-state index in [2.05, 4.69) is 11.8 Å². The largest absolute Gasteiger partial charge is 0.493 e. The Bertz CT molecular complexity index is 1620. The standard InChI is InChI=1S/C32H35FN4O4/c1-20-9-10-26-29(30(20)33)23-8-6-7-22(17-23)25-19-27-34-21(2)24(18-28(38)39)31(37(27)35-25)36-13-11-32(3,12-14-36)41-16-5-4-15-40-26/h6-10,17,19H,4-5,11-16,18H2,1-3H3,(H,38,39). The molecular formula is C32H35FN4O4. The number of ether oxygens (including phenoxy) is 2. The first-order valence-corrected chi connectivity index (χ1v) is 14.3. The van der Waals surface area contributed by atoms with Crippen LogP contribution in [0.25, 0.3) is 28.0 Å². The highest BCUT2D eigenvalue weighted by molar-refractivity contribution is 5.78. The van der Waals surface area contributed by atoms with Crippen molar-refractivity contribution in [1.29, 1.82) is 0 Å². The molecule has 3 aliphatic rings. The van der Waals surface area contributed by atoms with Crippen LogP contribution in [0.4, 0.5) is 10.2 Å². The molecule has 0 radical (unpaired) electrons. The maximum absolute atomic E-state index is 15.6. The van der Waals surface area contributed by atoms with Crippen LogP contribution in [0.3, 0.4) is 0 Å². The van der Waals surface area contributed by atoms with Crippen LogP contribution in [0.2, 0.25) is 0 Å². The van der Waals surface area contributed by atoms with Gasteiger partial charge in [0.05, 0.1) is 29.9 Å². The zero-order valence-electron chi connectivity index (χ0n) is 23.7. The number of carbonyl (C=O) groups is 1. The summed E-state index contributed by atoms with van der Waals surface area (Å²) in [6, 6.07) is 13.1. The summed E-state index contributed by atoms with van der Waals surface area (Å²) in [5.74, 6) is 0.0524. The SMILES string of the molecule is Cc1ccc2c(c1F)-c1cccc(c1)-c1cc3nc(C)c(CC(=O)O)c(n3n1)N1CCC(C)(CC1)OCCCCO2. The molecule has 3 aliphatic heterocycles. The zero-order valence-corrected chi connectivity index (χ0v) is 23.7. The van der Waals surface area contributed by atoms with Gasteiger partial charge in [0.25, 0.3) is 0 Å². The molecule has 1 N–H and O–H groups in total. The summed E-state index contributed by atoms with van der Waals surface area (Å²) in [4.78, 5) is 18.9. The molecule has 8 nitrogen and oxygen atoms in total. The molecule has 1 fully saturated rings. The molecule has 0 spiro atoms. The van der Waals surface area contributed by atoms with Crippen LogP contribution in [0.15, 0.2) is 42.5 Å². The van der Waals surface area contributed by atoms with Gasteiger partial charge < -0.3 is 19.5 Å². The summed E-state index contributed by atoms with van der Waals surface area (Å²) in [5, 5.41) is 14.7. The van der Waals surface area contributed by atoms with Crippen molar-refractivity contribution in [2.45, 2.75) is 58.5 Å². The molecule has 214 valence electrons. The number of aryl methyl sites for hydroxylation is 2. The van der Waals surface area contributed by atoms with Gasteiger partial charge in [-0.2, -0.15) is 9.61 Å². The predicted molar refractivity (Wildman–Crippen MR) is 155 cm³/mol. The lowest BCUT2D eigenvalue weighted by Gasteiger charge is -2.40. The summed E-state index contributed by atoms with van der Waals surface area (Å²) >= 11 is 0. The summed E-state index contributed by atoms with van der Waals surface area (Å²) in [5.41, 5.74) is 4.85. The van der Waals surface area contributed by atoms with E-state index in [4.69, 9.17) is 19.6 Å². The van der Waals surface area contributed by atoms with E-state index >= 15 is 4.39 Å². The maximum Gasteiger partial charge on any atom is 0.308 e. The molecule has 1 saturated heterocycles. The second kappa shape index (κ2) is 10.8. The maximum atomic E-state index is 15.6. The van der Waals surface area contributed by atoms with Crippen LogP contribution in [-0.4, -0.2) is 57.6 Å². The van der Waals surface area contributed by atoms with Gasteiger partial charge in [-0.3, -0.25) is 4.79 Å². The van der Waals surface area contributed by atoms with Crippen LogP contribution >= 0.6 is 0 Å². The summed E-state index contributed by atoms with van der Waals surface area (Å²) in [7, 11) is 0. The van der Waals surface area contributed by atoms with Crippen molar-refractivity contribution in [2.24, 2.45) is 0 Å². The monoisotopic (exact) mass is 558 g/mol. The van der Waals surface area contributed by atoms with Crippen molar-refractivity contribution in [1.82, 2.24) is 14.6 Å². The Morgan fingerprint density at radius 2 is 1.83 bits per heavy atom. The minimum Gasteiger partial charge on any atom is -0.493 e. The number of hydrogen-bond donors (Lipinski definition) is 1. The van der Waals surface area contributed by atoms with Gasteiger partial charge in [-0.25, -0.2) is 9.37 Å². The van der Waals surface area contributed by atoms with Crippen molar-refractivity contribution in [3.63, 3.8) is 0 Å². The van der Waals surface area contributed by atoms with E-state index in [1.807, 2.05) is 43.3 Å². The molecule has 5 heterocycles. The van der Waals surface area contributed by atoms with Gasteiger partial charge >= 0.3 is 5.97 Å². The minimum atomic E-state index is -0.913. The second-order valence-corrected chi connectivity index (χ2v) is 11.4. The molecule has 0 amide bonds. The molecule has 4 aromatic rings. The quantitative estimate of drug-likeness (QED) is 0.323. The lowest BCUT2D eigenvalue weighted by atomic mass is 9.93. The number of anilines is 1. The highest BCUT2D eigenvalue weighted by Crippen LogP contribution is 2.38. The fourth-order valence-corrected chi connectivity index (χ4v) is 5.89. The smallest absolute Gasteiger partial charge is 0.308 e. The molecule has 0 aliphatic carbocycles. The Hall–Kier alpha value is -3.98. The van der Waals surface area contributed by atoms with Crippen molar-refractivity contribution in [3.05, 3.63) is 65.1 Å². The van der Waals surface area contributed by atoms with Crippen LogP contribution in [-0.2, 0) is 16.0 Å². The molecule has 9 heteroatoms. The summed E-state index contributed by atoms with van der Waals surface area (Å²) in [6.45, 7) is 8.26. The molecule has 41 heavy (non-hydrogen) atoms. The van der Waals surface area contributed by atoms with Gasteiger partial charge in [-0.15, -0.1) is 0 Å². The molecule has 2 aromatic carbocycles. The number of carboxylic acids is 1. The minimum absolute atomic E-state index is 0.144. The topological polar surface area (TPSA) is 89.2 Å². The fraction of sp³-hybridized carbons (Fsp3) is 0.406. The molecule has 0 saturated carbocycles. The average molecular weight is 559 g/mol. The van der Waals surface area contributed by atoms with E-state index in [0.717, 1.165) is 37.1 Å². The van der Waals surface area contributed by atoms with Crippen LogP contribution in [0.1, 0.15) is 49.4 Å². The van der Waals surface area contributed by atoms with Gasteiger partial charge in [-0.05, 0) is 69.7 Å². The highest BCUT2D eigenvalue weighted by atomic mass is 19.1. The molecular weight excluding hydrogens is 523 g/mol. The number of rotatable bonds is 2. The predicted octanol–water partition coefficient (Wildman–Crippen LogP) is 5.99. The number of halogens is 1. The van der Waals surface area contributed by atoms with Crippen molar-refractivity contribution in [2.75, 3.05) is 31.2 Å². The first-order chi connectivity index (χ1) is 19.7. The lowest BCUT2D eigenvalue weighted by Crippen LogP contribution is -2.45. The number of aliphatic carboxylic acids is 1. The fourth-order valence-electron chi connectivity index (χ4n) is 5.89. The van der Waals surface area contributed by atoms with E-state index in [9.17, 15) is 9.90 Å². The summed E-state index contributed by atoms with van der Waals surface area (Å²) < 4.78 is 29.8. The number of hydrogen-bond acceptors (Lipinski definition) is 6. The molecule has 2 aromatic heterocycles. The van der Waals surface area contributed by atoms with E-state index in [1.54, 1.807) is 17.5 Å². The van der Waals surface area contributed by atoms with Crippen molar-refractivity contribution >= 4 is 17.4 Å². The first-order valence-electron chi connectivity index (χ1n) is 14.3. The average Bonchev–Trinajstić information content (AvgIpc) is 3.36. The number of piperidine rings is 1. The molecule has 6 bridgehead atoms. The molecule has 7 rings (SSSR count). The Kier molecular flexibility index (Phi) is 7.15. The van der Waals surface area contributed by atoms with Crippen molar-refractivity contribution < 1.29 is 23.8 Å². The van der Waals surface area contributed by atoms with Crippen LogP contribution in [0.5, 0.6) is 5.75 Å². The van der Waals surface area contributed by atoms with Gasteiger partial charge in [0.2, 0.25) is 0 Å². The van der Waals surface area contributed by atoms with Gasteiger partial charge in [-0.1, -0.05) is 24.3 Å². The number of aromatic nitrogens is 3. The third-order valence-electron chi connectivity index (χ3n) is 8.32. The van der Waals surface area contributed by atoms with Gasteiger partial charge in [0.15, 0.2) is 5.65 Å². The van der Waals surface area contributed by atoms with Gasteiger partial charge in [0.1, 0.15) is 17.4 Å². The number of carboxylic acid groups (broad SMARTS) is 1. The third kappa shape index (κ3) is 5.26. The van der Waals surface area contributed by atoms with Crippen molar-refractivity contribution in [3.8, 4) is 28.1 Å². The number of fused-ring (bicyclic) bond motifs is 7. The van der Waals surface area contributed by atoms with Crippen LogP contribution in [0, 0.1) is 19.7 Å². The number of nitrogens with zero attached hydrogens (tertiary/aromatic N) is 4. The number of benzene rings is 2. The van der Waals surface area contributed by atoms with E-state index in [1.165, 1.54) is 0 Å². The highest BCUT2D eigenvalue weighted by Gasteiger charge is 2.33. The Morgan fingerprint density at radius 3 is 2.61 bits per heavy atom. The Balaban J connectivity index is 1.53. The Labute approximate surface area is 238 Å². The second-order valence-electron chi connectivity index (χ2n) is 11.4. The van der Waals surface area contributed by atoms with Gasteiger partial charge in [0, 0.05) is 42.6 Å². The van der Waals surface area contributed by atoms with E-state index < -0.39 is 5.97 Å². The van der Waals surface area contributed by atoms with Crippen LogP contribution < -0.4 is 9.64 Å². The Morgan fingerprint density at radius 1 is 1.07 bits per heavy atom. The lowest BCUT2D eigenvalue weighted by molar-refractivity contribution is -0.136. The first kappa shape index (κ1) is 27.2. The van der Waals surface area contributed by atoms with E-state index in [-0.39, 0.29) is 17.8 Å². The zero-order chi connectivity index (χ0) is 28.7. The van der Waals surface area contributed by atoms with E-state index in [0.29, 0.717) is 71.3 Å². The molecule has 0 atom stereocenters. The normalized spacial score (nSPS) is 17.0.